The largest absolute Gasteiger partial charge is 0.289 e. The maximum absolute atomic E-state index is 12.0. The van der Waals surface area contributed by atoms with Gasteiger partial charge in [0.25, 0.3) is 0 Å². The fourth-order valence-corrected chi connectivity index (χ4v) is 2.49. The van der Waals surface area contributed by atoms with Crippen molar-refractivity contribution in [1.29, 1.82) is 0 Å². The van der Waals surface area contributed by atoms with Crippen LogP contribution in [0.2, 0.25) is 0 Å². The molecule has 0 N–H and O–H groups in total. The lowest BCUT2D eigenvalue weighted by Crippen LogP contribution is -2.10. The third kappa shape index (κ3) is 1.90. The van der Waals surface area contributed by atoms with E-state index in [-0.39, 0.29) is 22.2 Å². The third-order valence-electron chi connectivity index (χ3n) is 3.13. The summed E-state index contributed by atoms with van der Waals surface area (Å²) in [5, 5.41) is 1.91. The molecule has 1 aliphatic carbocycles. The zero-order valence-electron chi connectivity index (χ0n) is 9.89. The minimum Gasteiger partial charge on any atom is -0.289 e. The van der Waals surface area contributed by atoms with Crippen molar-refractivity contribution in [3.63, 3.8) is 0 Å². The molecule has 0 spiro atoms. The normalized spacial score (nSPS) is 15.4. The zero-order valence-corrected chi connectivity index (χ0v) is 10.6. The highest BCUT2D eigenvalue weighted by molar-refractivity contribution is 6.55. The van der Waals surface area contributed by atoms with Gasteiger partial charge in [-0.05, 0) is 28.5 Å². The van der Waals surface area contributed by atoms with Crippen LogP contribution in [0, 0.1) is 0 Å². The van der Waals surface area contributed by atoms with Crippen molar-refractivity contribution in [2.24, 2.45) is 0 Å². The maximum Gasteiger partial charge on any atom is 0.198 e. The Kier molecular flexibility index (Phi) is 2.80. The predicted molar refractivity (Wildman–Crippen MR) is 75.9 cm³/mol. The quantitative estimate of drug-likeness (QED) is 0.742. The first-order chi connectivity index (χ1) is 9.18. The molecule has 0 amide bonds. The molecule has 0 saturated heterocycles. The van der Waals surface area contributed by atoms with Crippen molar-refractivity contribution < 1.29 is 9.59 Å². The van der Waals surface area contributed by atoms with Gasteiger partial charge < -0.3 is 0 Å². The lowest BCUT2D eigenvalue weighted by atomic mass is 9.92. The standard InChI is InChI=1S/C16H9ClO2/c17-16-14(19)9-8-13(18)15(16)12-7-3-5-10-4-1-2-6-11(10)12/h1-9H. The SMILES string of the molecule is O=C1C=CC(=O)C(c2cccc3ccccc23)=C1Cl. The lowest BCUT2D eigenvalue weighted by Gasteiger charge is -2.12. The van der Waals surface area contributed by atoms with Gasteiger partial charge in [0.05, 0.1) is 10.6 Å². The number of hydrogen-bond donors (Lipinski definition) is 0. The number of rotatable bonds is 1. The Balaban J connectivity index is 2.33. The molecule has 19 heavy (non-hydrogen) atoms. The van der Waals surface area contributed by atoms with Gasteiger partial charge in [-0.3, -0.25) is 9.59 Å². The summed E-state index contributed by atoms with van der Waals surface area (Å²) in [6.45, 7) is 0. The molecule has 2 aromatic rings. The van der Waals surface area contributed by atoms with Crippen LogP contribution in [-0.4, -0.2) is 11.6 Å². The molecule has 0 saturated carbocycles. The van der Waals surface area contributed by atoms with E-state index in [1.165, 1.54) is 12.2 Å². The molecule has 0 heterocycles. The van der Waals surface area contributed by atoms with Crippen molar-refractivity contribution >= 4 is 39.5 Å². The molecular weight excluding hydrogens is 260 g/mol. The summed E-state index contributed by atoms with van der Waals surface area (Å²) in [6.07, 6.45) is 2.48. The highest BCUT2D eigenvalue weighted by Crippen LogP contribution is 2.31. The van der Waals surface area contributed by atoms with E-state index in [9.17, 15) is 9.59 Å². The van der Waals surface area contributed by atoms with E-state index in [4.69, 9.17) is 11.6 Å². The van der Waals surface area contributed by atoms with E-state index in [1.54, 1.807) is 0 Å². The summed E-state index contributed by atoms with van der Waals surface area (Å²) < 4.78 is 0. The van der Waals surface area contributed by atoms with Crippen molar-refractivity contribution in [2.75, 3.05) is 0 Å². The zero-order chi connectivity index (χ0) is 13.4. The number of hydrogen-bond acceptors (Lipinski definition) is 2. The van der Waals surface area contributed by atoms with Gasteiger partial charge in [-0.2, -0.15) is 0 Å². The second-order valence-corrected chi connectivity index (χ2v) is 4.66. The van der Waals surface area contributed by atoms with Gasteiger partial charge in [-0.15, -0.1) is 0 Å². The minimum absolute atomic E-state index is 0.0103. The molecule has 3 rings (SSSR count). The van der Waals surface area contributed by atoms with Crippen LogP contribution in [0.15, 0.2) is 59.6 Å². The highest BCUT2D eigenvalue weighted by atomic mass is 35.5. The summed E-state index contributed by atoms with van der Waals surface area (Å²) in [5.41, 5.74) is 0.983. The molecule has 1 aliphatic rings. The number of ketones is 2. The monoisotopic (exact) mass is 268 g/mol. The van der Waals surface area contributed by atoms with E-state index in [0.29, 0.717) is 5.56 Å². The fourth-order valence-electron chi connectivity index (χ4n) is 2.23. The van der Waals surface area contributed by atoms with Crippen molar-refractivity contribution in [1.82, 2.24) is 0 Å². The van der Waals surface area contributed by atoms with E-state index in [2.05, 4.69) is 0 Å². The second-order valence-electron chi connectivity index (χ2n) is 4.28. The van der Waals surface area contributed by atoms with Crippen LogP contribution in [0.1, 0.15) is 5.56 Å². The van der Waals surface area contributed by atoms with Crippen LogP contribution in [0.5, 0.6) is 0 Å². The molecule has 0 aromatic heterocycles. The summed E-state index contributed by atoms with van der Waals surface area (Å²) in [5.74, 6) is -0.565. The smallest absolute Gasteiger partial charge is 0.198 e. The minimum atomic E-state index is -0.329. The van der Waals surface area contributed by atoms with Crippen LogP contribution in [0.25, 0.3) is 16.3 Å². The van der Waals surface area contributed by atoms with Crippen molar-refractivity contribution in [3.8, 4) is 0 Å². The van der Waals surface area contributed by atoms with Crippen LogP contribution in [0.3, 0.4) is 0 Å². The van der Waals surface area contributed by atoms with Crippen molar-refractivity contribution in [3.05, 3.63) is 65.2 Å². The Hall–Kier alpha value is -2.19. The van der Waals surface area contributed by atoms with Gasteiger partial charge in [-0.1, -0.05) is 54.1 Å². The number of allylic oxidation sites excluding steroid dienone is 4. The molecule has 0 aliphatic heterocycles. The summed E-state index contributed by atoms with van der Waals surface area (Å²) >= 11 is 6.02. The number of carbonyl (C=O) groups is 2. The lowest BCUT2D eigenvalue weighted by molar-refractivity contribution is -0.113. The fraction of sp³-hybridized carbons (Fsp3) is 0. The third-order valence-corrected chi connectivity index (χ3v) is 3.50. The molecule has 0 radical (unpaired) electrons. The predicted octanol–water partition coefficient (Wildman–Crippen LogP) is 3.50. The molecular formula is C16H9ClO2. The Morgan fingerprint density at radius 3 is 2.32 bits per heavy atom. The highest BCUT2D eigenvalue weighted by Gasteiger charge is 2.23. The Bertz CT molecular complexity index is 764. The van der Waals surface area contributed by atoms with Gasteiger partial charge in [0.2, 0.25) is 0 Å². The van der Waals surface area contributed by atoms with Gasteiger partial charge in [0.15, 0.2) is 11.6 Å². The van der Waals surface area contributed by atoms with E-state index < -0.39 is 0 Å². The first kappa shape index (κ1) is 11.9. The van der Waals surface area contributed by atoms with Crippen LogP contribution in [0.4, 0.5) is 0 Å². The van der Waals surface area contributed by atoms with Gasteiger partial charge in [0, 0.05) is 0 Å². The number of benzene rings is 2. The average Bonchev–Trinajstić information content (AvgIpc) is 2.44. The van der Waals surface area contributed by atoms with E-state index >= 15 is 0 Å². The number of fused-ring (bicyclic) bond motifs is 1. The van der Waals surface area contributed by atoms with Crippen LogP contribution in [-0.2, 0) is 9.59 Å². The van der Waals surface area contributed by atoms with Gasteiger partial charge in [0.1, 0.15) is 0 Å². The van der Waals surface area contributed by atoms with Crippen LogP contribution < -0.4 is 0 Å². The topological polar surface area (TPSA) is 34.1 Å². The Morgan fingerprint density at radius 1 is 0.789 bits per heavy atom. The first-order valence-corrected chi connectivity index (χ1v) is 6.21. The molecule has 3 heteroatoms. The van der Waals surface area contributed by atoms with Crippen LogP contribution >= 0.6 is 11.6 Å². The summed E-state index contributed by atoms with van der Waals surface area (Å²) in [4.78, 5) is 23.6. The Morgan fingerprint density at radius 2 is 1.47 bits per heavy atom. The molecule has 0 bridgehead atoms. The number of halogens is 1. The van der Waals surface area contributed by atoms with E-state index in [1.807, 2.05) is 42.5 Å². The average molecular weight is 269 g/mol. The number of carbonyl (C=O) groups excluding carboxylic acids is 2. The molecule has 2 aromatic carbocycles. The summed E-state index contributed by atoms with van der Waals surface area (Å²) in [6, 6.07) is 13.3. The van der Waals surface area contributed by atoms with E-state index in [0.717, 1.165) is 10.8 Å². The maximum atomic E-state index is 12.0. The van der Waals surface area contributed by atoms with Crippen molar-refractivity contribution in [2.45, 2.75) is 0 Å². The molecule has 0 atom stereocenters. The summed E-state index contributed by atoms with van der Waals surface area (Å²) in [7, 11) is 0. The molecule has 92 valence electrons. The first-order valence-electron chi connectivity index (χ1n) is 5.83. The Labute approximate surface area is 115 Å². The van der Waals surface area contributed by atoms with Gasteiger partial charge >= 0.3 is 0 Å². The second kappa shape index (κ2) is 4.48. The molecule has 0 unspecified atom stereocenters. The molecule has 0 fully saturated rings. The van der Waals surface area contributed by atoms with Gasteiger partial charge in [-0.25, -0.2) is 0 Å². The molecule has 2 nitrogen and oxygen atoms in total.